The molecule has 0 aliphatic carbocycles. The van der Waals surface area contributed by atoms with Crippen molar-refractivity contribution in [1.82, 2.24) is 9.97 Å². The van der Waals surface area contributed by atoms with E-state index >= 15 is 0 Å². The zero-order valence-electron chi connectivity index (χ0n) is 16.9. The van der Waals surface area contributed by atoms with Gasteiger partial charge in [0.2, 0.25) is 5.91 Å². The van der Waals surface area contributed by atoms with Gasteiger partial charge in [-0.05, 0) is 49.2 Å². The monoisotopic (exact) mass is 401 g/mol. The SMILES string of the molecule is CN1CCCN(C(=O)c2ccc(N3CCCC3=O)cc2)c2nc3ccccc3nc21. The lowest BCUT2D eigenvalue weighted by atomic mass is 10.1. The molecule has 30 heavy (non-hydrogen) atoms. The van der Waals surface area contributed by atoms with E-state index < -0.39 is 0 Å². The minimum absolute atomic E-state index is 0.101. The molecule has 3 heterocycles. The number of carbonyl (C=O) groups excluding carboxylic acids is 2. The van der Waals surface area contributed by atoms with Crippen molar-refractivity contribution < 1.29 is 9.59 Å². The zero-order chi connectivity index (χ0) is 20.7. The van der Waals surface area contributed by atoms with Gasteiger partial charge in [-0.15, -0.1) is 0 Å². The Bertz CT molecular complexity index is 1130. The van der Waals surface area contributed by atoms with Gasteiger partial charge in [-0.1, -0.05) is 12.1 Å². The van der Waals surface area contributed by atoms with E-state index in [1.807, 2.05) is 43.4 Å². The Morgan fingerprint density at radius 1 is 0.867 bits per heavy atom. The molecule has 1 aromatic heterocycles. The lowest BCUT2D eigenvalue weighted by molar-refractivity contribution is -0.117. The van der Waals surface area contributed by atoms with Crippen LogP contribution in [-0.2, 0) is 4.79 Å². The highest BCUT2D eigenvalue weighted by Gasteiger charge is 2.28. The molecule has 2 aliphatic rings. The molecule has 2 aromatic carbocycles. The number of carbonyl (C=O) groups is 2. The van der Waals surface area contributed by atoms with Crippen molar-refractivity contribution in [3.63, 3.8) is 0 Å². The van der Waals surface area contributed by atoms with Gasteiger partial charge in [0.1, 0.15) is 0 Å². The fourth-order valence-electron chi connectivity index (χ4n) is 4.16. The Labute approximate surface area is 174 Å². The third-order valence-electron chi connectivity index (χ3n) is 5.77. The maximum absolute atomic E-state index is 13.4. The number of aromatic nitrogens is 2. The number of fused-ring (bicyclic) bond motifs is 2. The van der Waals surface area contributed by atoms with Crippen LogP contribution < -0.4 is 14.7 Å². The fourth-order valence-corrected chi connectivity index (χ4v) is 4.16. The molecule has 7 nitrogen and oxygen atoms in total. The van der Waals surface area contributed by atoms with Crippen LogP contribution in [0.1, 0.15) is 29.6 Å². The second-order valence-electron chi connectivity index (χ2n) is 7.79. The number of para-hydroxylation sites is 2. The van der Waals surface area contributed by atoms with Crippen molar-refractivity contribution in [2.24, 2.45) is 0 Å². The van der Waals surface area contributed by atoms with Crippen LogP contribution in [0.25, 0.3) is 11.0 Å². The summed E-state index contributed by atoms with van der Waals surface area (Å²) in [6, 6.07) is 15.0. The topological polar surface area (TPSA) is 69.6 Å². The van der Waals surface area contributed by atoms with Crippen LogP contribution in [-0.4, -0.2) is 48.5 Å². The molecule has 0 N–H and O–H groups in total. The summed E-state index contributed by atoms with van der Waals surface area (Å²) in [5.41, 5.74) is 3.01. The summed E-state index contributed by atoms with van der Waals surface area (Å²) in [4.78, 5) is 40.5. The molecule has 0 atom stereocenters. The van der Waals surface area contributed by atoms with E-state index in [9.17, 15) is 9.59 Å². The van der Waals surface area contributed by atoms with Crippen LogP contribution in [0.4, 0.5) is 17.3 Å². The van der Waals surface area contributed by atoms with Gasteiger partial charge in [-0.3, -0.25) is 14.5 Å². The van der Waals surface area contributed by atoms with Crippen molar-refractivity contribution in [3.05, 3.63) is 54.1 Å². The van der Waals surface area contributed by atoms with E-state index in [1.165, 1.54) is 0 Å². The summed E-state index contributed by atoms with van der Waals surface area (Å²) >= 11 is 0. The molecule has 7 heteroatoms. The van der Waals surface area contributed by atoms with Crippen molar-refractivity contribution in [1.29, 1.82) is 0 Å². The Morgan fingerprint density at radius 2 is 1.57 bits per heavy atom. The number of hydrogen-bond donors (Lipinski definition) is 0. The van der Waals surface area contributed by atoms with Crippen LogP contribution in [0.15, 0.2) is 48.5 Å². The number of benzene rings is 2. The minimum atomic E-state index is -0.101. The second-order valence-corrected chi connectivity index (χ2v) is 7.79. The third kappa shape index (κ3) is 3.16. The predicted molar refractivity (Wildman–Crippen MR) is 117 cm³/mol. The maximum Gasteiger partial charge on any atom is 0.259 e. The molecule has 0 radical (unpaired) electrons. The van der Waals surface area contributed by atoms with Crippen molar-refractivity contribution in [2.45, 2.75) is 19.3 Å². The lowest BCUT2D eigenvalue weighted by Gasteiger charge is -2.23. The first kappa shape index (κ1) is 18.5. The maximum atomic E-state index is 13.4. The average Bonchev–Trinajstić information content (AvgIpc) is 3.14. The third-order valence-corrected chi connectivity index (χ3v) is 5.77. The molecule has 0 unspecified atom stereocenters. The Balaban J connectivity index is 1.50. The summed E-state index contributed by atoms with van der Waals surface area (Å²) < 4.78 is 0. The van der Waals surface area contributed by atoms with E-state index in [4.69, 9.17) is 9.97 Å². The standard InChI is InChI=1S/C23H23N5O2/c1-26-13-5-15-28(22-21(26)24-18-6-2-3-7-19(18)25-22)23(30)16-9-11-17(12-10-16)27-14-4-8-20(27)29/h2-3,6-7,9-12H,4-5,8,13-15H2,1H3. The molecular formula is C23H23N5O2. The first-order valence-electron chi connectivity index (χ1n) is 10.3. The normalized spacial score (nSPS) is 16.7. The molecule has 3 aromatic rings. The Hall–Kier alpha value is -3.48. The van der Waals surface area contributed by atoms with Gasteiger partial charge >= 0.3 is 0 Å². The predicted octanol–water partition coefficient (Wildman–Crippen LogP) is 3.24. The molecule has 152 valence electrons. The summed E-state index contributed by atoms with van der Waals surface area (Å²) in [7, 11) is 1.98. The largest absolute Gasteiger partial charge is 0.357 e. The smallest absolute Gasteiger partial charge is 0.259 e. The van der Waals surface area contributed by atoms with Gasteiger partial charge < -0.3 is 9.80 Å². The number of amides is 2. The summed E-state index contributed by atoms with van der Waals surface area (Å²) in [5.74, 6) is 1.35. The quantitative estimate of drug-likeness (QED) is 0.659. The number of nitrogens with zero attached hydrogens (tertiary/aromatic N) is 5. The Kier molecular flexibility index (Phi) is 4.58. The summed E-state index contributed by atoms with van der Waals surface area (Å²) in [6.07, 6.45) is 2.30. The first-order chi connectivity index (χ1) is 14.6. The zero-order valence-corrected chi connectivity index (χ0v) is 16.9. The molecule has 0 saturated carbocycles. The first-order valence-corrected chi connectivity index (χ1v) is 10.3. The van der Waals surface area contributed by atoms with Crippen LogP contribution >= 0.6 is 0 Å². The summed E-state index contributed by atoms with van der Waals surface area (Å²) in [6.45, 7) is 2.12. The lowest BCUT2D eigenvalue weighted by Crippen LogP contribution is -2.32. The van der Waals surface area contributed by atoms with E-state index in [-0.39, 0.29) is 11.8 Å². The van der Waals surface area contributed by atoms with Gasteiger partial charge in [-0.2, -0.15) is 0 Å². The highest BCUT2D eigenvalue weighted by molar-refractivity contribution is 6.08. The van der Waals surface area contributed by atoms with Crippen molar-refractivity contribution in [2.75, 3.05) is 41.4 Å². The highest BCUT2D eigenvalue weighted by Crippen LogP contribution is 2.31. The van der Waals surface area contributed by atoms with E-state index in [0.29, 0.717) is 24.3 Å². The minimum Gasteiger partial charge on any atom is -0.357 e. The molecule has 0 spiro atoms. The molecule has 1 fully saturated rings. The van der Waals surface area contributed by atoms with Crippen molar-refractivity contribution in [3.8, 4) is 0 Å². The fraction of sp³-hybridized carbons (Fsp3) is 0.304. The summed E-state index contributed by atoms with van der Waals surface area (Å²) in [5, 5.41) is 0. The van der Waals surface area contributed by atoms with E-state index in [0.717, 1.165) is 48.5 Å². The van der Waals surface area contributed by atoms with Crippen LogP contribution in [0, 0.1) is 0 Å². The van der Waals surface area contributed by atoms with Crippen LogP contribution in [0.5, 0.6) is 0 Å². The van der Waals surface area contributed by atoms with Gasteiger partial charge in [0.25, 0.3) is 5.91 Å². The van der Waals surface area contributed by atoms with Gasteiger partial charge in [0.05, 0.1) is 11.0 Å². The number of anilines is 3. The van der Waals surface area contributed by atoms with Gasteiger partial charge in [0.15, 0.2) is 11.6 Å². The second kappa shape index (κ2) is 7.40. The Morgan fingerprint density at radius 3 is 2.23 bits per heavy atom. The van der Waals surface area contributed by atoms with E-state index in [1.54, 1.807) is 21.9 Å². The van der Waals surface area contributed by atoms with Gasteiger partial charge in [0, 0.05) is 44.4 Å². The molecule has 2 aliphatic heterocycles. The number of hydrogen-bond acceptors (Lipinski definition) is 5. The molecule has 5 rings (SSSR count). The van der Waals surface area contributed by atoms with Crippen molar-refractivity contribution >= 4 is 40.2 Å². The van der Waals surface area contributed by atoms with Crippen LogP contribution in [0.2, 0.25) is 0 Å². The molecule has 1 saturated heterocycles. The van der Waals surface area contributed by atoms with Crippen LogP contribution in [0.3, 0.4) is 0 Å². The highest BCUT2D eigenvalue weighted by atomic mass is 16.2. The average molecular weight is 401 g/mol. The number of rotatable bonds is 2. The molecular weight excluding hydrogens is 378 g/mol. The molecule has 2 amide bonds. The van der Waals surface area contributed by atoms with E-state index in [2.05, 4.69) is 4.90 Å². The molecule has 0 bridgehead atoms. The van der Waals surface area contributed by atoms with Gasteiger partial charge in [-0.25, -0.2) is 9.97 Å².